The number of halogens is 3. The molecule has 0 radical (unpaired) electrons. The van der Waals surface area contributed by atoms with Crippen LogP contribution in [0.2, 0.25) is 15.2 Å². The number of pyridine rings is 2. The molecule has 168 valence electrons. The van der Waals surface area contributed by atoms with Crippen molar-refractivity contribution in [2.75, 3.05) is 12.5 Å². The van der Waals surface area contributed by atoms with Gasteiger partial charge in [0.15, 0.2) is 11.6 Å². The molecular weight excluding hydrogens is 510 g/mol. The molecule has 0 spiro atoms. The van der Waals surface area contributed by atoms with Crippen LogP contribution in [0.1, 0.15) is 55.3 Å². The van der Waals surface area contributed by atoms with Crippen LogP contribution < -0.4 is 29.6 Å². The molecule has 0 atom stereocenters. The van der Waals surface area contributed by atoms with E-state index >= 15 is 0 Å². The van der Waals surface area contributed by atoms with Crippen LogP contribution >= 0.6 is 46.6 Å². The Morgan fingerprint density at radius 3 is 1.58 bits per heavy atom. The molecular formula is C20H26Cl3N2NaO3S2. The summed E-state index contributed by atoms with van der Waals surface area (Å²) < 4.78 is 0. The van der Waals surface area contributed by atoms with Crippen molar-refractivity contribution in [2.45, 2.75) is 45.2 Å². The van der Waals surface area contributed by atoms with Crippen LogP contribution in [0, 0.1) is 0 Å². The summed E-state index contributed by atoms with van der Waals surface area (Å²) in [5.74, 6) is -0.0897. The van der Waals surface area contributed by atoms with E-state index in [2.05, 4.69) is 22.6 Å². The first kappa shape index (κ1) is 35.8. The number of rotatable bonds is 3. The molecule has 0 aliphatic rings. The maximum Gasteiger partial charge on any atom is 1.00 e. The van der Waals surface area contributed by atoms with Crippen molar-refractivity contribution >= 4 is 70.8 Å². The number of carbonyl (C=O) groups excluding carboxylic acids is 2. The summed E-state index contributed by atoms with van der Waals surface area (Å²) in [5, 5.41) is 10.3. The van der Waals surface area contributed by atoms with Gasteiger partial charge in [-0.3, -0.25) is 9.59 Å². The van der Waals surface area contributed by atoms with Gasteiger partial charge in [-0.2, -0.15) is 6.26 Å². The number of hydrogen-bond donors (Lipinski definition) is 1. The first-order chi connectivity index (χ1) is 13.8. The van der Waals surface area contributed by atoms with Crippen LogP contribution in [-0.2, 0) is 12.6 Å². The molecule has 0 aliphatic carbocycles. The Bertz CT molecular complexity index is 830. The summed E-state index contributed by atoms with van der Waals surface area (Å²) in [5.41, 5.74) is 0.525. The molecule has 0 saturated heterocycles. The Hall–Kier alpha value is 0.170. The fourth-order valence-corrected chi connectivity index (χ4v) is 2.46. The predicted octanol–water partition coefficient (Wildman–Crippen LogP) is 3.19. The van der Waals surface area contributed by atoms with Gasteiger partial charge in [0.2, 0.25) is 0 Å². The molecule has 0 fully saturated rings. The summed E-state index contributed by atoms with van der Waals surface area (Å²) in [6.45, 7) is 8.17. The number of hydrogen-bond acceptors (Lipinski definition) is 7. The quantitative estimate of drug-likeness (QED) is 0.213. The van der Waals surface area contributed by atoms with Gasteiger partial charge in [-0.1, -0.05) is 34.8 Å². The van der Waals surface area contributed by atoms with Gasteiger partial charge in [0.1, 0.15) is 10.2 Å². The van der Waals surface area contributed by atoms with Crippen molar-refractivity contribution < 1.29 is 44.3 Å². The minimum Gasteiger partial charge on any atom is -0.796 e. The van der Waals surface area contributed by atoms with Crippen molar-refractivity contribution in [1.29, 1.82) is 0 Å². The monoisotopic (exact) mass is 534 g/mol. The zero-order chi connectivity index (χ0) is 24.1. The number of aromatic nitrogens is 2. The second kappa shape index (κ2) is 18.6. The predicted molar refractivity (Wildman–Crippen MR) is 131 cm³/mol. The van der Waals surface area contributed by atoms with E-state index in [1.807, 2.05) is 6.26 Å². The van der Waals surface area contributed by atoms with Gasteiger partial charge in [0.05, 0.1) is 15.6 Å². The first-order valence-corrected chi connectivity index (χ1v) is 11.6. The van der Waals surface area contributed by atoms with E-state index in [1.54, 1.807) is 39.3 Å². The van der Waals surface area contributed by atoms with Gasteiger partial charge in [-0.25, -0.2) is 9.97 Å². The Kier molecular flexibility index (Phi) is 21.4. The van der Waals surface area contributed by atoms with Crippen molar-refractivity contribution in [3.05, 3.63) is 50.9 Å². The topological polar surface area (TPSA) is 80.2 Å². The van der Waals surface area contributed by atoms with Gasteiger partial charge < -0.3 is 17.7 Å². The van der Waals surface area contributed by atoms with E-state index in [9.17, 15) is 9.59 Å². The van der Waals surface area contributed by atoms with Crippen molar-refractivity contribution in [3.8, 4) is 0 Å². The van der Waals surface area contributed by atoms with Gasteiger partial charge in [-0.05, 0) is 53.0 Å². The number of ketones is 2. The molecule has 0 unspecified atom stereocenters. The molecule has 11 heteroatoms. The van der Waals surface area contributed by atoms with Gasteiger partial charge in [0, 0.05) is 23.5 Å². The maximum absolute atomic E-state index is 10.9. The van der Waals surface area contributed by atoms with Crippen LogP contribution in [0.4, 0.5) is 0 Å². The Labute approximate surface area is 231 Å². The Balaban J connectivity index is -0.000000384. The van der Waals surface area contributed by atoms with Gasteiger partial charge >= 0.3 is 29.6 Å². The smallest absolute Gasteiger partial charge is 0.796 e. The standard InChI is InChI=1S/C8H8ClNOS.C7H5Cl2NO.C4H10O.CH4S.Na/c1-5(11)6-3-7(9)8(12-2)10-4-6;1-4(11)5-2-6(8)7(9)10-3-5;1-4(2,3)5;1-2;/h3-4H,1-2H3;2-3H,1H3;5H,1-3H3;2H,1H3;/q;;;;+1/p-1. The molecule has 0 aromatic carbocycles. The van der Waals surface area contributed by atoms with Crippen molar-refractivity contribution in [1.82, 2.24) is 9.97 Å². The minimum absolute atomic E-state index is 0. The van der Waals surface area contributed by atoms with Gasteiger partial charge in [0.25, 0.3) is 0 Å². The van der Waals surface area contributed by atoms with Crippen LogP contribution in [-0.4, -0.2) is 44.8 Å². The number of carbonyl (C=O) groups is 2. The maximum atomic E-state index is 10.9. The fraction of sp³-hybridized carbons (Fsp3) is 0.400. The first-order valence-electron chi connectivity index (χ1n) is 8.42. The van der Waals surface area contributed by atoms with E-state index in [1.165, 1.54) is 37.9 Å². The van der Waals surface area contributed by atoms with E-state index in [0.29, 0.717) is 21.2 Å². The van der Waals surface area contributed by atoms with Gasteiger partial charge in [-0.15, -0.1) is 11.8 Å². The normalized spacial score (nSPS) is 9.42. The number of nitrogens with zero attached hydrogens (tertiary/aromatic N) is 2. The van der Waals surface area contributed by atoms with Crippen LogP contribution in [0.3, 0.4) is 0 Å². The third kappa shape index (κ3) is 18.3. The summed E-state index contributed by atoms with van der Waals surface area (Å²) in [6.07, 6.45) is 6.41. The molecule has 5 nitrogen and oxygen atoms in total. The molecule has 31 heavy (non-hydrogen) atoms. The Morgan fingerprint density at radius 2 is 1.29 bits per heavy atom. The second-order valence-electron chi connectivity index (χ2n) is 6.49. The number of Topliss-reactive ketones (excluding diaryl/α,β-unsaturated/α-hetero) is 2. The molecule has 0 amide bonds. The number of aliphatic hydroxyl groups is 1. The summed E-state index contributed by atoms with van der Waals surface area (Å²) in [7, 11) is 0. The fourth-order valence-electron chi connectivity index (χ4n) is 1.38. The summed E-state index contributed by atoms with van der Waals surface area (Å²) in [6, 6.07) is 3.14. The molecule has 0 aliphatic heterocycles. The molecule has 0 saturated carbocycles. The van der Waals surface area contributed by atoms with Crippen LogP contribution in [0.5, 0.6) is 0 Å². The average Bonchev–Trinajstić information content (AvgIpc) is 2.64. The van der Waals surface area contributed by atoms with E-state index in [4.69, 9.17) is 39.9 Å². The average molecular weight is 536 g/mol. The summed E-state index contributed by atoms with van der Waals surface area (Å²) >= 11 is 22.5. The Morgan fingerprint density at radius 1 is 0.935 bits per heavy atom. The zero-order valence-electron chi connectivity index (χ0n) is 18.9. The van der Waals surface area contributed by atoms with Crippen molar-refractivity contribution in [3.63, 3.8) is 0 Å². The number of thioether (sulfide) groups is 1. The largest absolute Gasteiger partial charge is 1.00 e. The van der Waals surface area contributed by atoms with Crippen molar-refractivity contribution in [2.24, 2.45) is 0 Å². The third-order valence-corrected chi connectivity index (χ3v) is 4.41. The molecule has 2 aromatic rings. The minimum atomic E-state index is -0.500. The molecule has 0 bridgehead atoms. The molecule has 1 N–H and O–H groups in total. The molecule has 2 aromatic heterocycles. The third-order valence-electron chi connectivity index (χ3n) is 2.61. The molecule has 2 rings (SSSR count). The second-order valence-corrected chi connectivity index (χ2v) is 8.46. The van der Waals surface area contributed by atoms with E-state index in [0.717, 1.165) is 5.03 Å². The zero-order valence-corrected chi connectivity index (χ0v) is 24.8. The molecule has 2 heterocycles. The SMILES string of the molecule is CC(=O)c1cnc(Cl)c(Cl)c1.CC(C)(C)O.CSc1ncc(C(C)=O)cc1Cl.C[S-].[Na+]. The van der Waals surface area contributed by atoms with E-state index < -0.39 is 5.60 Å². The van der Waals surface area contributed by atoms with E-state index in [-0.39, 0.29) is 46.3 Å². The van der Waals surface area contributed by atoms with Crippen LogP contribution in [0.25, 0.3) is 0 Å². The summed E-state index contributed by atoms with van der Waals surface area (Å²) in [4.78, 5) is 29.4. The van der Waals surface area contributed by atoms with Crippen LogP contribution in [0.15, 0.2) is 29.6 Å².